The Bertz CT molecular complexity index is 1080. The predicted molar refractivity (Wildman–Crippen MR) is 119 cm³/mol. The van der Waals surface area contributed by atoms with Crippen molar-refractivity contribution in [3.8, 4) is 5.75 Å². The highest BCUT2D eigenvalue weighted by molar-refractivity contribution is 9.10. The first-order chi connectivity index (χ1) is 13.6. The summed E-state index contributed by atoms with van der Waals surface area (Å²) >= 11 is 13.5. The monoisotopic (exact) mass is 516 g/mol. The topological polar surface area (TPSA) is 24.8 Å². The molecule has 0 aliphatic carbocycles. The summed E-state index contributed by atoms with van der Waals surface area (Å²) in [4.78, 5) is 0. The minimum Gasteiger partial charge on any atom is -0.464 e. The third-order valence-electron chi connectivity index (χ3n) is 5.10. The van der Waals surface area contributed by atoms with Gasteiger partial charge >= 0.3 is 0 Å². The van der Waals surface area contributed by atoms with Crippen molar-refractivity contribution in [2.75, 3.05) is 0 Å². The highest BCUT2D eigenvalue weighted by Gasteiger charge is 2.41. The molecule has 0 spiro atoms. The first kappa shape index (κ1) is 18.2. The van der Waals surface area contributed by atoms with Crippen molar-refractivity contribution in [3.63, 3.8) is 0 Å². The van der Waals surface area contributed by atoms with Gasteiger partial charge in [0, 0.05) is 31.5 Å². The maximum atomic E-state index is 6.39. The van der Waals surface area contributed by atoms with E-state index in [0.29, 0.717) is 5.02 Å². The number of rotatable bonds is 2. The minimum absolute atomic E-state index is 0.0817. The van der Waals surface area contributed by atoms with Crippen LogP contribution in [0.25, 0.3) is 0 Å². The van der Waals surface area contributed by atoms with Gasteiger partial charge in [0.15, 0.2) is 0 Å². The fourth-order valence-corrected chi connectivity index (χ4v) is 4.68. The lowest BCUT2D eigenvalue weighted by molar-refractivity contribution is -0.0194. The summed E-state index contributed by atoms with van der Waals surface area (Å²) in [7, 11) is 0. The van der Waals surface area contributed by atoms with E-state index in [2.05, 4.69) is 55.1 Å². The third-order valence-corrected chi connectivity index (χ3v) is 6.59. The van der Waals surface area contributed by atoms with E-state index in [-0.39, 0.29) is 12.3 Å². The Hall–Kier alpha value is -1.82. The number of ether oxygens (including phenoxy) is 1. The fourth-order valence-electron chi connectivity index (χ4n) is 3.76. The molecule has 3 aromatic rings. The largest absolute Gasteiger partial charge is 0.464 e. The first-order valence-electron chi connectivity index (χ1n) is 8.92. The average molecular weight is 519 g/mol. The Morgan fingerprint density at radius 1 is 0.964 bits per heavy atom. The average Bonchev–Trinajstić information content (AvgIpc) is 3.14. The molecule has 0 N–H and O–H groups in total. The quantitative estimate of drug-likeness (QED) is 0.361. The van der Waals surface area contributed by atoms with Crippen molar-refractivity contribution < 1.29 is 4.74 Å². The van der Waals surface area contributed by atoms with E-state index in [9.17, 15) is 0 Å². The molecule has 0 saturated carbocycles. The number of hydrazone groups is 1. The molecular weight excluding hydrogens is 504 g/mol. The van der Waals surface area contributed by atoms with E-state index < -0.39 is 0 Å². The van der Waals surface area contributed by atoms with Crippen LogP contribution < -0.4 is 4.74 Å². The van der Waals surface area contributed by atoms with Gasteiger partial charge < -0.3 is 4.74 Å². The zero-order chi connectivity index (χ0) is 19.3. The molecule has 28 heavy (non-hydrogen) atoms. The summed E-state index contributed by atoms with van der Waals surface area (Å²) in [6, 6.07) is 22.3. The van der Waals surface area contributed by atoms with Gasteiger partial charge in [-0.2, -0.15) is 5.10 Å². The SMILES string of the molecule is Clc1ccc2c(c1)C1CC(c3ccc(Br)cc3)=NN1C(c1ccccc1Br)O2. The van der Waals surface area contributed by atoms with Gasteiger partial charge in [0.05, 0.1) is 11.8 Å². The molecular formula is C22H15Br2ClN2O. The van der Waals surface area contributed by atoms with Crippen molar-refractivity contribution >= 4 is 49.2 Å². The van der Waals surface area contributed by atoms with Gasteiger partial charge in [0.25, 0.3) is 0 Å². The molecule has 2 atom stereocenters. The van der Waals surface area contributed by atoms with Crippen LogP contribution in [0.5, 0.6) is 5.75 Å². The van der Waals surface area contributed by atoms with Gasteiger partial charge in [-0.05, 0) is 42.0 Å². The van der Waals surface area contributed by atoms with Crippen LogP contribution in [0.15, 0.2) is 80.8 Å². The molecule has 5 rings (SSSR count). The highest BCUT2D eigenvalue weighted by Crippen LogP contribution is 2.49. The molecule has 0 radical (unpaired) electrons. The molecule has 0 fully saturated rings. The van der Waals surface area contributed by atoms with E-state index in [1.807, 2.05) is 48.5 Å². The Morgan fingerprint density at radius 3 is 2.54 bits per heavy atom. The molecule has 2 heterocycles. The third kappa shape index (κ3) is 3.15. The van der Waals surface area contributed by atoms with Crippen molar-refractivity contribution in [3.05, 3.63) is 97.4 Å². The lowest BCUT2D eigenvalue weighted by Crippen LogP contribution is -2.33. The summed E-state index contributed by atoms with van der Waals surface area (Å²) in [5, 5.41) is 7.76. The van der Waals surface area contributed by atoms with E-state index in [1.54, 1.807) is 0 Å². The van der Waals surface area contributed by atoms with Gasteiger partial charge in [-0.3, -0.25) is 0 Å². The van der Waals surface area contributed by atoms with Gasteiger partial charge in [-0.15, -0.1) is 0 Å². The number of halogens is 3. The highest BCUT2D eigenvalue weighted by atomic mass is 79.9. The van der Waals surface area contributed by atoms with Crippen LogP contribution in [-0.2, 0) is 0 Å². The van der Waals surface area contributed by atoms with E-state index in [0.717, 1.165) is 43.5 Å². The maximum Gasteiger partial charge on any atom is 0.214 e. The molecule has 3 nitrogen and oxygen atoms in total. The number of hydrogen-bond acceptors (Lipinski definition) is 3. The van der Waals surface area contributed by atoms with Crippen LogP contribution in [-0.4, -0.2) is 10.7 Å². The van der Waals surface area contributed by atoms with Gasteiger partial charge in [-0.1, -0.05) is 73.8 Å². The van der Waals surface area contributed by atoms with Crippen LogP contribution in [0.1, 0.15) is 35.4 Å². The van der Waals surface area contributed by atoms with Crippen LogP contribution >= 0.6 is 43.5 Å². The zero-order valence-corrected chi connectivity index (χ0v) is 18.6. The Balaban J connectivity index is 1.62. The lowest BCUT2D eigenvalue weighted by Gasteiger charge is -2.38. The molecule has 3 aromatic carbocycles. The van der Waals surface area contributed by atoms with Gasteiger partial charge in [-0.25, -0.2) is 5.01 Å². The second kappa shape index (κ2) is 7.21. The minimum atomic E-state index is -0.304. The first-order valence-corrected chi connectivity index (χ1v) is 10.9. The smallest absolute Gasteiger partial charge is 0.214 e. The maximum absolute atomic E-state index is 6.39. The molecule has 0 bridgehead atoms. The molecule has 2 unspecified atom stereocenters. The van der Waals surface area contributed by atoms with Gasteiger partial charge in [0.1, 0.15) is 5.75 Å². The van der Waals surface area contributed by atoms with E-state index >= 15 is 0 Å². The second-order valence-corrected chi connectivity index (χ2v) is 9.03. The van der Waals surface area contributed by atoms with Crippen LogP contribution in [0.3, 0.4) is 0 Å². The van der Waals surface area contributed by atoms with Crippen LogP contribution in [0.4, 0.5) is 0 Å². The summed E-state index contributed by atoms with van der Waals surface area (Å²) in [5.41, 5.74) is 4.29. The summed E-state index contributed by atoms with van der Waals surface area (Å²) < 4.78 is 8.45. The van der Waals surface area contributed by atoms with E-state index in [1.165, 1.54) is 0 Å². The standard InChI is InChI=1S/C22H15Br2ClN2O/c23-14-7-5-13(6-8-14)19-12-20-17-11-15(25)9-10-21(17)28-22(27(20)26-19)16-3-1-2-4-18(16)24/h1-11,20,22H,12H2. The molecule has 6 heteroatoms. The molecule has 0 saturated heterocycles. The second-order valence-electron chi connectivity index (χ2n) is 6.83. The van der Waals surface area contributed by atoms with Crippen LogP contribution in [0, 0.1) is 0 Å². The molecule has 140 valence electrons. The normalized spacial score (nSPS) is 20.2. The van der Waals surface area contributed by atoms with Crippen molar-refractivity contribution in [2.24, 2.45) is 5.10 Å². The Morgan fingerprint density at radius 2 is 1.75 bits per heavy atom. The lowest BCUT2D eigenvalue weighted by atomic mass is 9.96. The number of benzene rings is 3. The fraction of sp³-hybridized carbons (Fsp3) is 0.136. The summed E-state index contributed by atoms with van der Waals surface area (Å²) in [5.74, 6) is 0.860. The van der Waals surface area contributed by atoms with Gasteiger partial charge in [0.2, 0.25) is 6.23 Å². The number of hydrogen-bond donors (Lipinski definition) is 0. The van der Waals surface area contributed by atoms with Crippen molar-refractivity contribution in [1.82, 2.24) is 5.01 Å². The Kier molecular flexibility index (Phi) is 4.69. The molecule has 0 aromatic heterocycles. The van der Waals surface area contributed by atoms with Crippen LogP contribution in [0.2, 0.25) is 5.02 Å². The number of nitrogens with zero attached hydrogens (tertiary/aromatic N) is 2. The van der Waals surface area contributed by atoms with E-state index in [4.69, 9.17) is 21.4 Å². The van der Waals surface area contributed by atoms with Crippen molar-refractivity contribution in [2.45, 2.75) is 18.7 Å². The molecule has 2 aliphatic heterocycles. The molecule has 2 aliphatic rings. The molecule has 0 amide bonds. The summed E-state index contributed by atoms with van der Waals surface area (Å²) in [6.07, 6.45) is 0.501. The zero-order valence-electron chi connectivity index (χ0n) is 14.6. The number of fused-ring (bicyclic) bond motifs is 3. The summed E-state index contributed by atoms with van der Waals surface area (Å²) in [6.45, 7) is 0. The van der Waals surface area contributed by atoms with Crippen molar-refractivity contribution in [1.29, 1.82) is 0 Å². The Labute approximate surface area is 185 Å². The predicted octanol–water partition coefficient (Wildman–Crippen LogP) is 7.11.